The number of aromatic nitrogens is 5. The van der Waals surface area contributed by atoms with Crippen molar-refractivity contribution < 1.29 is 4.39 Å². The Bertz CT molecular complexity index is 1230. The van der Waals surface area contributed by atoms with Gasteiger partial charge >= 0.3 is 0 Å². The lowest BCUT2D eigenvalue weighted by Gasteiger charge is -2.26. The second-order valence-corrected chi connectivity index (χ2v) is 8.27. The van der Waals surface area contributed by atoms with E-state index in [2.05, 4.69) is 25.6 Å². The maximum absolute atomic E-state index is 13.1. The highest BCUT2D eigenvalue weighted by Gasteiger charge is 2.20. The van der Waals surface area contributed by atoms with E-state index in [1.165, 1.54) is 12.3 Å². The van der Waals surface area contributed by atoms with Gasteiger partial charge in [0.2, 0.25) is 11.9 Å². The Labute approximate surface area is 185 Å². The Balaban J connectivity index is 1.44. The normalized spacial score (nSPS) is 18.6. The van der Waals surface area contributed by atoms with E-state index >= 15 is 0 Å². The van der Waals surface area contributed by atoms with Gasteiger partial charge in [0.15, 0.2) is 0 Å². The van der Waals surface area contributed by atoms with E-state index in [0.29, 0.717) is 23.7 Å². The average molecular weight is 433 g/mol. The van der Waals surface area contributed by atoms with E-state index in [9.17, 15) is 4.39 Å². The Morgan fingerprint density at radius 2 is 1.78 bits per heavy atom. The second-order valence-electron chi connectivity index (χ2n) is 8.27. The van der Waals surface area contributed by atoms with Crippen molar-refractivity contribution in [2.24, 2.45) is 5.73 Å². The molecule has 0 spiro atoms. The molecule has 4 N–H and O–H groups in total. The highest BCUT2D eigenvalue weighted by molar-refractivity contribution is 5.67. The molecule has 0 unspecified atom stereocenters. The Morgan fingerprint density at radius 1 is 0.969 bits per heavy atom. The number of hydrogen-bond donors (Lipinski definition) is 3. The number of nitrogens with one attached hydrogen (secondary N) is 2. The van der Waals surface area contributed by atoms with Crippen LogP contribution in [0.2, 0.25) is 0 Å². The standard InChI is InChI=1S/C23H25FN8/c1-14-10-28-23(30-16-4-2-15(25)3-5-16)31-22(14)19-12-27-21-9-7-18(13-32(19)21)29-17-6-8-20(24)26-11-17/h6-13,15-16,29H,2-5,25H2,1H3,(H,28,30,31). The first-order chi connectivity index (χ1) is 15.5. The SMILES string of the molecule is Cc1cnc(NC2CCC(N)CC2)nc1-c1cnc2ccc(Nc3ccc(F)nc3)cn12. The molecule has 1 fully saturated rings. The largest absolute Gasteiger partial charge is 0.353 e. The molecule has 0 radical (unpaired) electrons. The van der Waals surface area contributed by atoms with E-state index in [0.717, 1.165) is 54.0 Å². The number of rotatable bonds is 5. The van der Waals surface area contributed by atoms with Crippen molar-refractivity contribution >= 4 is 23.0 Å². The minimum absolute atomic E-state index is 0.300. The summed E-state index contributed by atoms with van der Waals surface area (Å²) in [6, 6.07) is 7.45. The molecule has 4 aromatic heterocycles. The number of anilines is 3. The van der Waals surface area contributed by atoms with Crippen LogP contribution < -0.4 is 16.4 Å². The van der Waals surface area contributed by atoms with Crippen LogP contribution >= 0.6 is 0 Å². The maximum Gasteiger partial charge on any atom is 0.223 e. The highest BCUT2D eigenvalue weighted by atomic mass is 19.1. The average Bonchev–Trinajstić information content (AvgIpc) is 3.21. The summed E-state index contributed by atoms with van der Waals surface area (Å²) < 4.78 is 15.1. The molecule has 1 aliphatic rings. The Morgan fingerprint density at radius 3 is 2.56 bits per heavy atom. The van der Waals surface area contributed by atoms with E-state index in [1.807, 2.05) is 42.0 Å². The van der Waals surface area contributed by atoms with Gasteiger partial charge in [-0.15, -0.1) is 0 Å². The van der Waals surface area contributed by atoms with Gasteiger partial charge < -0.3 is 16.4 Å². The summed E-state index contributed by atoms with van der Waals surface area (Å²) in [4.78, 5) is 17.5. The van der Waals surface area contributed by atoms with E-state index in [4.69, 9.17) is 10.7 Å². The van der Waals surface area contributed by atoms with Gasteiger partial charge in [-0.1, -0.05) is 0 Å². The minimum Gasteiger partial charge on any atom is -0.353 e. The van der Waals surface area contributed by atoms with Gasteiger partial charge in [0.05, 0.1) is 35.2 Å². The molecular weight excluding hydrogens is 407 g/mol. The first kappa shape index (κ1) is 20.3. The number of aryl methyl sites for hydroxylation is 1. The predicted molar refractivity (Wildman–Crippen MR) is 122 cm³/mol. The summed E-state index contributed by atoms with van der Waals surface area (Å²) in [5.74, 6) is 0.107. The van der Waals surface area contributed by atoms with Crippen molar-refractivity contribution in [1.29, 1.82) is 0 Å². The molecule has 5 rings (SSSR count). The molecule has 9 heteroatoms. The van der Waals surface area contributed by atoms with Gasteiger partial charge in [0.25, 0.3) is 0 Å². The summed E-state index contributed by atoms with van der Waals surface area (Å²) in [7, 11) is 0. The molecule has 8 nitrogen and oxygen atoms in total. The zero-order valence-electron chi connectivity index (χ0n) is 17.8. The third-order valence-electron chi connectivity index (χ3n) is 5.84. The number of pyridine rings is 2. The summed E-state index contributed by atoms with van der Waals surface area (Å²) >= 11 is 0. The summed E-state index contributed by atoms with van der Waals surface area (Å²) in [6.07, 6.45) is 11.1. The number of nitrogens with zero attached hydrogens (tertiary/aromatic N) is 5. The third kappa shape index (κ3) is 4.24. The van der Waals surface area contributed by atoms with Crippen molar-refractivity contribution in [1.82, 2.24) is 24.3 Å². The Kier molecular flexibility index (Phi) is 5.40. The smallest absolute Gasteiger partial charge is 0.223 e. The molecule has 0 aliphatic heterocycles. The van der Waals surface area contributed by atoms with Crippen molar-refractivity contribution in [2.75, 3.05) is 10.6 Å². The van der Waals surface area contributed by atoms with E-state index in [1.54, 1.807) is 6.07 Å². The first-order valence-corrected chi connectivity index (χ1v) is 10.8. The van der Waals surface area contributed by atoms with Gasteiger partial charge in [0, 0.05) is 24.5 Å². The zero-order chi connectivity index (χ0) is 22.1. The lowest BCUT2D eigenvalue weighted by atomic mass is 9.92. The number of nitrogens with two attached hydrogens (primary N) is 1. The molecule has 1 aliphatic carbocycles. The zero-order valence-corrected chi connectivity index (χ0v) is 17.8. The molecule has 0 amide bonds. The van der Waals surface area contributed by atoms with Crippen LogP contribution in [0.3, 0.4) is 0 Å². The molecule has 4 heterocycles. The third-order valence-corrected chi connectivity index (χ3v) is 5.84. The minimum atomic E-state index is -0.511. The van der Waals surface area contributed by atoms with Crippen LogP contribution in [0, 0.1) is 12.9 Å². The van der Waals surface area contributed by atoms with Crippen LogP contribution in [-0.4, -0.2) is 36.4 Å². The second kappa shape index (κ2) is 8.51. The van der Waals surface area contributed by atoms with Gasteiger partial charge in [-0.3, -0.25) is 4.40 Å². The fraction of sp³-hybridized carbons (Fsp3) is 0.304. The lowest BCUT2D eigenvalue weighted by Crippen LogP contribution is -2.33. The van der Waals surface area contributed by atoms with E-state index < -0.39 is 5.95 Å². The fourth-order valence-electron chi connectivity index (χ4n) is 4.06. The van der Waals surface area contributed by atoms with Crippen molar-refractivity contribution in [3.63, 3.8) is 0 Å². The van der Waals surface area contributed by atoms with Crippen LogP contribution in [0.25, 0.3) is 17.0 Å². The van der Waals surface area contributed by atoms with Crippen LogP contribution in [0.5, 0.6) is 0 Å². The lowest BCUT2D eigenvalue weighted by molar-refractivity contribution is 0.410. The van der Waals surface area contributed by atoms with Crippen molar-refractivity contribution in [2.45, 2.75) is 44.7 Å². The van der Waals surface area contributed by atoms with Crippen LogP contribution in [-0.2, 0) is 0 Å². The topological polar surface area (TPSA) is 106 Å². The summed E-state index contributed by atoms with van der Waals surface area (Å²) in [5.41, 5.74) is 11.0. The molecule has 0 bridgehead atoms. The van der Waals surface area contributed by atoms with Crippen LogP contribution in [0.15, 0.2) is 49.1 Å². The monoisotopic (exact) mass is 432 g/mol. The van der Waals surface area contributed by atoms with Crippen LogP contribution in [0.4, 0.5) is 21.7 Å². The molecule has 0 saturated heterocycles. The maximum atomic E-state index is 13.1. The molecule has 1 saturated carbocycles. The fourth-order valence-corrected chi connectivity index (χ4v) is 4.06. The van der Waals surface area contributed by atoms with Gasteiger partial charge in [0.1, 0.15) is 5.65 Å². The van der Waals surface area contributed by atoms with Crippen molar-refractivity contribution in [3.8, 4) is 11.4 Å². The number of fused-ring (bicyclic) bond motifs is 1. The number of imidazole rings is 1. The molecule has 32 heavy (non-hydrogen) atoms. The molecule has 4 aromatic rings. The molecule has 0 aromatic carbocycles. The molecule has 164 valence electrons. The number of halogens is 1. The highest BCUT2D eigenvalue weighted by Crippen LogP contribution is 2.26. The molecule has 0 atom stereocenters. The summed E-state index contributed by atoms with van der Waals surface area (Å²) in [6.45, 7) is 1.99. The predicted octanol–water partition coefficient (Wildman–Crippen LogP) is 4.06. The van der Waals surface area contributed by atoms with E-state index in [-0.39, 0.29) is 0 Å². The quantitative estimate of drug-likeness (QED) is 0.408. The van der Waals surface area contributed by atoms with Gasteiger partial charge in [-0.2, -0.15) is 4.39 Å². The molecular formula is C23H25FN8. The van der Waals surface area contributed by atoms with Crippen LogP contribution in [0.1, 0.15) is 31.2 Å². The van der Waals surface area contributed by atoms with Crippen molar-refractivity contribution in [3.05, 3.63) is 60.6 Å². The summed E-state index contributed by atoms with van der Waals surface area (Å²) in [5, 5.41) is 6.71. The van der Waals surface area contributed by atoms with Gasteiger partial charge in [-0.25, -0.2) is 19.9 Å². The van der Waals surface area contributed by atoms with Gasteiger partial charge in [-0.05, 0) is 62.4 Å². The number of hydrogen-bond acceptors (Lipinski definition) is 7. The first-order valence-electron chi connectivity index (χ1n) is 10.8. The Hall–Kier alpha value is -3.59.